The van der Waals surface area contributed by atoms with Crippen LogP contribution in [0.1, 0.15) is 13.8 Å². The van der Waals surface area contributed by atoms with Gasteiger partial charge in [-0.15, -0.1) is 18.1 Å². The van der Waals surface area contributed by atoms with E-state index in [9.17, 15) is 4.89 Å². The fourth-order valence-electron chi connectivity index (χ4n) is 0.224. The molecule has 0 radical (unpaired) electrons. The molecule has 0 spiro atoms. The van der Waals surface area contributed by atoms with Crippen LogP contribution < -0.4 is 34.5 Å². The van der Waals surface area contributed by atoms with Crippen molar-refractivity contribution >= 4 is 18.1 Å². The Bertz CT molecular complexity index is 88.0. The minimum atomic E-state index is -2.07. The van der Waals surface area contributed by atoms with Gasteiger partial charge in [0.1, 0.15) is 0 Å². The van der Waals surface area contributed by atoms with Crippen molar-refractivity contribution < 1.29 is 34.5 Å². The second-order valence-electron chi connectivity index (χ2n) is 1.45. The summed E-state index contributed by atoms with van der Waals surface area (Å²) in [6.07, 6.45) is -0.740. The van der Waals surface area contributed by atoms with Crippen molar-refractivity contribution in [1.29, 1.82) is 0 Å². The molecule has 0 fully saturated rings. The average molecular weight is 160 g/mol. The minimum absolute atomic E-state index is 0. The molecule has 0 saturated carbocycles. The Kier molecular flexibility index (Phi) is 8.30. The van der Waals surface area contributed by atoms with E-state index in [0.29, 0.717) is 12.3 Å². The van der Waals surface area contributed by atoms with Crippen LogP contribution in [0.4, 0.5) is 0 Å². The summed E-state index contributed by atoms with van der Waals surface area (Å²) in [7, 11) is 0. The topological polar surface area (TPSA) is 23.1 Å². The Morgan fingerprint density at radius 3 is 1.62 bits per heavy atom. The van der Waals surface area contributed by atoms with E-state index in [-0.39, 0.29) is 29.6 Å². The van der Waals surface area contributed by atoms with Crippen LogP contribution in [0.2, 0.25) is 0 Å². The monoisotopic (exact) mass is 160 g/mol. The summed E-state index contributed by atoms with van der Waals surface area (Å²) in [5.41, 5.74) is 0. The number of hydrogen-bond donors (Lipinski definition) is 0. The largest absolute Gasteiger partial charge is 1.00 e. The molecular weight excluding hydrogens is 150 g/mol. The summed E-state index contributed by atoms with van der Waals surface area (Å²) in [4.78, 5) is 10.8. The van der Waals surface area contributed by atoms with Crippen LogP contribution >= 0.6 is 6.26 Å². The molecule has 0 aromatic rings. The first kappa shape index (κ1) is 12.3. The molecule has 44 valence electrons. The molecule has 0 aliphatic carbocycles. The first-order valence-electron chi connectivity index (χ1n) is 2.41. The summed E-state index contributed by atoms with van der Waals surface area (Å²) in [5.74, 6) is 0. The summed E-state index contributed by atoms with van der Waals surface area (Å²) in [6.45, 7) is 3.74. The van der Waals surface area contributed by atoms with Crippen LogP contribution in [0.5, 0.6) is 0 Å². The Balaban J connectivity index is 0. The van der Waals surface area contributed by atoms with Crippen molar-refractivity contribution in [2.24, 2.45) is 0 Å². The van der Waals surface area contributed by atoms with Crippen LogP contribution in [-0.4, -0.2) is 12.3 Å². The maximum atomic E-state index is 10.8. The smallest absolute Gasteiger partial charge is 0.821 e. The third-order valence-electron chi connectivity index (χ3n) is 0.964. The Labute approximate surface area is 78.2 Å². The van der Waals surface area contributed by atoms with E-state index in [1.165, 1.54) is 0 Å². The molecular formula is C4H10NaOPS. The standard InChI is InChI=1S/C4H11OPS.Na/c1-3-6(5,7)4-2;/h3-4H2,1-2H3,(H,5,7);/q;+1/p-1. The molecule has 0 bridgehead atoms. The summed E-state index contributed by atoms with van der Waals surface area (Å²) >= 11 is 4.70. The van der Waals surface area contributed by atoms with Gasteiger partial charge >= 0.3 is 29.6 Å². The Morgan fingerprint density at radius 2 is 1.62 bits per heavy atom. The van der Waals surface area contributed by atoms with E-state index in [4.69, 9.17) is 11.8 Å². The predicted molar refractivity (Wildman–Crippen MR) is 35.4 cm³/mol. The molecule has 0 unspecified atom stereocenters. The normalized spacial score (nSPS) is 10.4. The Hall–Kier alpha value is 1.61. The molecule has 0 aromatic heterocycles. The van der Waals surface area contributed by atoms with Crippen LogP contribution in [0.3, 0.4) is 0 Å². The fourth-order valence-corrected chi connectivity index (χ4v) is 0.671. The van der Waals surface area contributed by atoms with Gasteiger partial charge in [-0.1, -0.05) is 13.8 Å². The second-order valence-corrected chi connectivity index (χ2v) is 6.34. The second kappa shape index (κ2) is 5.40. The molecule has 0 amide bonds. The van der Waals surface area contributed by atoms with Gasteiger partial charge in [-0.3, -0.25) is 0 Å². The van der Waals surface area contributed by atoms with E-state index >= 15 is 0 Å². The van der Waals surface area contributed by atoms with Crippen molar-refractivity contribution in [3.63, 3.8) is 0 Å². The molecule has 0 N–H and O–H groups in total. The van der Waals surface area contributed by atoms with E-state index in [2.05, 4.69) is 0 Å². The minimum Gasteiger partial charge on any atom is -0.821 e. The molecule has 0 aromatic carbocycles. The van der Waals surface area contributed by atoms with E-state index in [0.717, 1.165) is 0 Å². The summed E-state index contributed by atoms with van der Waals surface area (Å²) in [5, 5.41) is 0. The van der Waals surface area contributed by atoms with Gasteiger partial charge in [-0.2, -0.15) is 0 Å². The van der Waals surface area contributed by atoms with E-state index in [1.807, 2.05) is 13.8 Å². The maximum absolute atomic E-state index is 10.8. The maximum Gasteiger partial charge on any atom is 1.00 e. The van der Waals surface area contributed by atoms with Crippen LogP contribution in [0.15, 0.2) is 0 Å². The van der Waals surface area contributed by atoms with E-state index in [1.54, 1.807) is 0 Å². The third-order valence-corrected chi connectivity index (χ3v) is 4.44. The predicted octanol–water partition coefficient (Wildman–Crippen LogP) is -2.21. The van der Waals surface area contributed by atoms with Gasteiger partial charge in [-0.25, -0.2) is 0 Å². The molecule has 4 heteroatoms. The number of hydrogen-bond acceptors (Lipinski definition) is 2. The van der Waals surface area contributed by atoms with Crippen molar-refractivity contribution in [3.05, 3.63) is 0 Å². The van der Waals surface area contributed by atoms with Crippen LogP contribution in [0, 0.1) is 0 Å². The molecule has 1 nitrogen and oxygen atoms in total. The van der Waals surface area contributed by atoms with Crippen molar-refractivity contribution in [2.45, 2.75) is 13.8 Å². The molecule has 0 atom stereocenters. The van der Waals surface area contributed by atoms with Gasteiger partial charge in [-0.05, 0) is 12.3 Å². The van der Waals surface area contributed by atoms with E-state index < -0.39 is 6.26 Å². The van der Waals surface area contributed by atoms with Crippen molar-refractivity contribution in [2.75, 3.05) is 12.3 Å². The fraction of sp³-hybridized carbons (Fsp3) is 1.00. The zero-order valence-corrected chi connectivity index (χ0v) is 9.39. The van der Waals surface area contributed by atoms with Gasteiger partial charge in [0.25, 0.3) is 0 Å². The SMILES string of the molecule is CCP([O-])(=S)CC.[Na+]. The van der Waals surface area contributed by atoms with Crippen LogP contribution in [0.25, 0.3) is 0 Å². The first-order valence-corrected chi connectivity index (χ1v) is 5.50. The van der Waals surface area contributed by atoms with Gasteiger partial charge in [0, 0.05) is 0 Å². The molecule has 0 aliphatic rings. The van der Waals surface area contributed by atoms with Gasteiger partial charge in [0.15, 0.2) is 0 Å². The molecule has 0 aliphatic heterocycles. The summed E-state index contributed by atoms with van der Waals surface area (Å²) < 4.78 is 0. The zero-order chi connectivity index (χ0) is 5.91. The summed E-state index contributed by atoms with van der Waals surface area (Å²) in [6, 6.07) is 0. The zero-order valence-electron chi connectivity index (χ0n) is 5.68. The molecule has 0 rings (SSSR count). The Morgan fingerprint density at radius 1 is 1.38 bits per heavy atom. The van der Waals surface area contributed by atoms with Crippen molar-refractivity contribution in [1.82, 2.24) is 0 Å². The quantitative estimate of drug-likeness (QED) is 0.337. The number of rotatable bonds is 2. The molecule has 0 saturated heterocycles. The first-order chi connectivity index (χ1) is 3.12. The molecule has 0 heterocycles. The molecule has 8 heavy (non-hydrogen) atoms. The average Bonchev–Trinajstić information content (AvgIpc) is 1.68. The van der Waals surface area contributed by atoms with Crippen LogP contribution in [-0.2, 0) is 11.8 Å². The third kappa shape index (κ3) is 5.74. The van der Waals surface area contributed by atoms with Gasteiger partial charge < -0.3 is 4.89 Å². The van der Waals surface area contributed by atoms with Gasteiger partial charge in [0.2, 0.25) is 0 Å². The van der Waals surface area contributed by atoms with Gasteiger partial charge in [0.05, 0.1) is 0 Å². The van der Waals surface area contributed by atoms with Crippen molar-refractivity contribution in [3.8, 4) is 0 Å².